The highest BCUT2D eigenvalue weighted by Gasteiger charge is 2.00. The average Bonchev–Trinajstić information content (AvgIpc) is 2.92. The van der Waals surface area contributed by atoms with Gasteiger partial charge < -0.3 is 10.6 Å². The lowest BCUT2D eigenvalue weighted by Gasteiger charge is -2.11. The molecule has 0 aromatic carbocycles. The van der Waals surface area contributed by atoms with E-state index >= 15 is 0 Å². The smallest absolute Gasteiger partial charge is 0.191 e. The van der Waals surface area contributed by atoms with Gasteiger partial charge in [-0.3, -0.25) is 9.98 Å². The molecule has 0 radical (unpaired) electrons. The topological polar surface area (TPSA) is 49.3 Å². The van der Waals surface area contributed by atoms with E-state index in [1.54, 1.807) is 18.4 Å². The van der Waals surface area contributed by atoms with Crippen molar-refractivity contribution in [2.45, 2.75) is 12.8 Å². The summed E-state index contributed by atoms with van der Waals surface area (Å²) in [7, 11) is 1.78. The van der Waals surface area contributed by atoms with Crippen LogP contribution >= 0.6 is 22.9 Å². The Bertz CT molecular complexity index is 568. The average molecular weight is 323 g/mol. The van der Waals surface area contributed by atoms with Crippen molar-refractivity contribution in [3.8, 4) is 0 Å². The number of rotatable bonds is 6. The molecule has 0 fully saturated rings. The number of nitrogens with one attached hydrogen (secondary N) is 2. The molecule has 0 aliphatic rings. The second-order valence-corrected chi connectivity index (χ2v) is 6.25. The second-order valence-electron chi connectivity index (χ2n) is 4.45. The summed E-state index contributed by atoms with van der Waals surface area (Å²) in [5.41, 5.74) is 1.08. The Morgan fingerprint density at radius 1 is 1.19 bits per heavy atom. The number of hydrogen-bond acceptors (Lipinski definition) is 3. The molecule has 0 amide bonds. The Morgan fingerprint density at radius 2 is 2.00 bits per heavy atom. The minimum Gasteiger partial charge on any atom is -0.356 e. The SMILES string of the molecule is CN=C(NCCc1ccccn1)NCCc1ccc(Cl)s1. The predicted octanol–water partition coefficient (Wildman–Crippen LogP) is 2.75. The molecule has 0 saturated carbocycles. The van der Waals surface area contributed by atoms with Crippen LogP contribution in [0.1, 0.15) is 10.6 Å². The number of thiophene rings is 1. The van der Waals surface area contributed by atoms with Crippen molar-refractivity contribution in [2.75, 3.05) is 20.1 Å². The van der Waals surface area contributed by atoms with Gasteiger partial charge in [-0.15, -0.1) is 11.3 Å². The summed E-state index contributed by atoms with van der Waals surface area (Å²) in [6.45, 7) is 1.64. The Balaban J connectivity index is 1.66. The minimum absolute atomic E-state index is 0.807. The van der Waals surface area contributed by atoms with E-state index in [2.05, 4.69) is 26.7 Å². The predicted molar refractivity (Wildman–Crippen MR) is 90.3 cm³/mol. The molecular weight excluding hydrogens is 304 g/mol. The second kappa shape index (κ2) is 8.64. The first-order valence-corrected chi connectivity index (χ1v) is 8.06. The van der Waals surface area contributed by atoms with Crippen molar-refractivity contribution in [3.05, 3.63) is 51.4 Å². The largest absolute Gasteiger partial charge is 0.356 e. The van der Waals surface area contributed by atoms with Crippen molar-refractivity contribution >= 4 is 28.9 Å². The number of nitrogens with zero attached hydrogens (tertiary/aromatic N) is 2. The summed E-state index contributed by atoms with van der Waals surface area (Å²) < 4.78 is 0.836. The summed E-state index contributed by atoms with van der Waals surface area (Å²) in [6, 6.07) is 9.95. The van der Waals surface area contributed by atoms with Gasteiger partial charge in [0.15, 0.2) is 5.96 Å². The first kappa shape index (κ1) is 15.8. The van der Waals surface area contributed by atoms with Gasteiger partial charge in [0.05, 0.1) is 4.34 Å². The van der Waals surface area contributed by atoms with Crippen molar-refractivity contribution in [1.29, 1.82) is 0 Å². The zero-order valence-corrected chi connectivity index (χ0v) is 13.5. The maximum atomic E-state index is 5.91. The van der Waals surface area contributed by atoms with Crippen LogP contribution in [0.4, 0.5) is 0 Å². The van der Waals surface area contributed by atoms with Crippen LogP contribution in [0.5, 0.6) is 0 Å². The minimum atomic E-state index is 0.807. The van der Waals surface area contributed by atoms with Crippen LogP contribution in [0.25, 0.3) is 0 Å². The lowest BCUT2D eigenvalue weighted by molar-refractivity contribution is 0.779. The molecular formula is C15H19ClN4S. The number of aliphatic imine (C=N–C) groups is 1. The van der Waals surface area contributed by atoms with E-state index in [-0.39, 0.29) is 0 Å². The van der Waals surface area contributed by atoms with E-state index in [0.29, 0.717) is 0 Å². The molecule has 2 N–H and O–H groups in total. The van der Waals surface area contributed by atoms with Crippen molar-refractivity contribution < 1.29 is 0 Å². The molecule has 0 bridgehead atoms. The number of pyridine rings is 1. The van der Waals surface area contributed by atoms with Crippen LogP contribution in [-0.2, 0) is 12.8 Å². The summed E-state index contributed by atoms with van der Waals surface area (Å²) in [4.78, 5) is 9.78. The van der Waals surface area contributed by atoms with Crippen LogP contribution in [-0.4, -0.2) is 31.1 Å². The molecule has 2 heterocycles. The lowest BCUT2D eigenvalue weighted by atomic mass is 10.3. The molecule has 0 spiro atoms. The highest BCUT2D eigenvalue weighted by atomic mass is 35.5. The first-order valence-electron chi connectivity index (χ1n) is 6.86. The van der Waals surface area contributed by atoms with E-state index in [1.807, 2.05) is 30.5 Å². The molecule has 2 aromatic rings. The van der Waals surface area contributed by atoms with Crippen LogP contribution < -0.4 is 10.6 Å². The molecule has 2 aromatic heterocycles. The maximum absolute atomic E-state index is 5.91. The van der Waals surface area contributed by atoms with E-state index in [9.17, 15) is 0 Å². The third kappa shape index (κ3) is 5.73. The van der Waals surface area contributed by atoms with Gasteiger partial charge in [-0.05, 0) is 30.7 Å². The summed E-state index contributed by atoms with van der Waals surface area (Å²) in [5.74, 6) is 0.814. The molecule has 0 aliphatic carbocycles. The van der Waals surface area contributed by atoms with Crippen LogP contribution in [0, 0.1) is 0 Å². The molecule has 0 aliphatic heterocycles. The van der Waals surface area contributed by atoms with E-state index in [0.717, 1.165) is 41.9 Å². The highest BCUT2D eigenvalue weighted by Crippen LogP contribution is 2.21. The van der Waals surface area contributed by atoms with E-state index < -0.39 is 0 Å². The zero-order valence-electron chi connectivity index (χ0n) is 12.0. The van der Waals surface area contributed by atoms with Crippen LogP contribution in [0.2, 0.25) is 4.34 Å². The Labute approximate surface area is 134 Å². The highest BCUT2D eigenvalue weighted by molar-refractivity contribution is 7.16. The summed E-state index contributed by atoms with van der Waals surface area (Å²) in [6.07, 6.45) is 3.63. The van der Waals surface area contributed by atoms with Crippen LogP contribution in [0.3, 0.4) is 0 Å². The number of aromatic nitrogens is 1. The van der Waals surface area contributed by atoms with Gasteiger partial charge in [-0.25, -0.2) is 0 Å². The van der Waals surface area contributed by atoms with Crippen molar-refractivity contribution in [3.63, 3.8) is 0 Å². The van der Waals surface area contributed by atoms with Gasteiger partial charge in [0.2, 0.25) is 0 Å². The summed E-state index contributed by atoms with van der Waals surface area (Å²) >= 11 is 7.53. The van der Waals surface area contributed by atoms with Gasteiger partial charge in [-0.2, -0.15) is 0 Å². The number of halogens is 1. The fourth-order valence-corrected chi connectivity index (χ4v) is 2.95. The number of hydrogen-bond donors (Lipinski definition) is 2. The molecule has 21 heavy (non-hydrogen) atoms. The molecule has 4 nitrogen and oxygen atoms in total. The normalized spacial score (nSPS) is 11.4. The third-order valence-corrected chi connectivity index (χ3v) is 4.21. The van der Waals surface area contributed by atoms with Crippen molar-refractivity contribution in [1.82, 2.24) is 15.6 Å². The monoisotopic (exact) mass is 322 g/mol. The van der Waals surface area contributed by atoms with Gasteiger partial charge in [0.25, 0.3) is 0 Å². The fraction of sp³-hybridized carbons (Fsp3) is 0.333. The van der Waals surface area contributed by atoms with Crippen molar-refractivity contribution in [2.24, 2.45) is 4.99 Å². The molecule has 6 heteroatoms. The van der Waals surface area contributed by atoms with E-state index in [1.165, 1.54) is 4.88 Å². The Morgan fingerprint density at radius 3 is 2.62 bits per heavy atom. The molecule has 112 valence electrons. The van der Waals surface area contributed by atoms with Gasteiger partial charge in [0, 0.05) is 43.3 Å². The Hall–Kier alpha value is -1.59. The molecule has 0 saturated heterocycles. The van der Waals surface area contributed by atoms with Gasteiger partial charge >= 0.3 is 0 Å². The van der Waals surface area contributed by atoms with Crippen LogP contribution in [0.15, 0.2) is 41.5 Å². The quantitative estimate of drug-likeness (QED) is 0.635. The zero-order chi connectivity index (χ0) is 14.9. The third-order valence-electron chi connectivity index (χ3n) is 2.92. The first-order chi connectivity index (χ1) is 10.3. The summed E-state index contributed by atoms with van der Waals surface area (Å²) in [5, 5.41) is 6.58. The lowest BCUT2D eigenvalue weighted by Crippen LogP contribution is -2.39. The van der Waals surface area contributed by atoms with E-state index in [4.69, 9.17) is 11.6 Å². The molecule has 2 rings (SSSR count). The molecule has 0 atom stereocenters. The fourth-order valence-electron chi connectivity index (χ4n) is 1.87. The Kier molecular flexibility index (Phi) is 6.50. The molecule has 0 unspecified atom stereocenters. The standard InChI is InChI=1S/C15H19ClN4S/c1-17-15(19-10-7-12-4-2-3-9-18-12)20-11-8-13-5-6-14(16)21-13/h2-6,9H,7-8,10-11H2,1H3,(H2,17,19,20). The van der Waals surface area contributed by atoms with Gasteiger partial charge in [0.1, 0.15) is 0 Å². The van der Waals surface area contributed by atoms with Gasteiger partial charge in [-0.1, -0.05) is 17.7 Å². The number of guanidine groups is 1. The maximum Gasteiger partial charge on any atom is 0.191 e.